The molecule has 1 fully saturated rings. The lowest BCUT2D eigenvalue weighted by molar-refractivity contribution is 0.0167. The fraction of sp³-hybridized carbons (Fsp3) is 0.812. The predicted molar refractivity (Wildman–Crippen MR) is 87.6 cm³/mol. The van der Waals surface area contributed by atoms with Crippen molar-refractivity contribution >= 4 is 6.03 Å². The van der Waals surface area contributed by atoms with Crippen LogP contribution in [0.2, 0.25) is 0 Å². The lowest BCUT2D eigenvalue weighted by atomic mass is 10.2. The van der Waals surface area contributed by atoms with Crippen molar-refractivity contribution in [3.05, 3.63) is 11.6 Å². The van der Waals surface area contributed by atoms with Crippen LogP contribution in [0.4, 0.5) is 4.79 Å². The molecule has 1 aromatic heterocycles. The molecular weight excluding hydrogens is 310 g/mol. The van der Waals surface area contributed by atoms with Crippen LogP contribution in [-0.4, -0.2) is 65.2 Å². The Hall–Kier alpha value is -1.67. The van der Waals surface area contributed by atoms with E-state index >= 15 is 0 Å². The van der Waals surface area contributed by atoms with Gasteiger partial charge >= 0.3 is 6.03 Å². The van der Waals surface area contributed by atoms with Gasteiger partial charge in [0.2, 0.25) is 0 Å². The Kier molecular flexibility index (Phi) is 6.03. The highest BCUT2D eigenvalue weighted by molar-refractivity contribution is 5.73. The molecular formula is C16H27N5O3. The van der Waals surface area contributed by atoms with Crippen LogP contribution >= 0.6 is 0 Å². The molecule has 2 amide bonds. The fourth-order valence-electron chi connectivity index (χ4n) is 3.11. The maximum atomic E-state index is 12.1. The Balaban J connectivity index is 1.28. The number of urea groups is 1. The van der Waals surface area contributed by atoms with Gasteiger partial charge in [-0.3, -0.25) is 0 Å². The standard InChI is InChI=1S/C16H27N5O3/c1-20(11-15-19-18-14-6-2-8-21(14)15)16(22)17-7-4-9-23-12-13-5-3-10-24-13/h13H,2-12H2,1H3,(H,17,22)/t13-/m1/s1. The summed E-state index contributed by atoms with van der Waals surface area (Å²) < 4.78 is 13.2. The van der Waals surface area contributed by atoms with Gasteiger partial charge in [0.05, 0.1) is 19.3 Å². The molecule has 1 N–H and O–H groups in total. The summed E-state index contributed by atoms with van der Waals surface area (Å²) in [5, 5.41) is 11.3. The van der Waals surface area contributed by atoms with Crippen molar-refractivity contribution in [2.24, 2.45) is 0 Å². The number of hydrogen-bond acceptors (Lipinski definition) is 5. The molecule has 24 heavy (non-hydrogen) atoms. The number of nitrogens with one attached hydrogen (secondary N) is 1. The number of aromatic nitrogens is 3. The summed E-state index contributed by atoms with van der Waals surface area (Å²) in [4.78, 5) is 13.7. The second kappa shape index (κ2) is 8.43. The van der Waals surface area contributed by atoms with Crippen molar-refractivity contribution in [1.29, 1.82) is 0 Å². The first-order valence-corrected chi connectivity index (χ1v) is 8.83. The Morgan fingerprint density at radius 2 is 2.38 bits per heavy atom. The number of hydrogen-bond donors (Lipinski definition) is 1. The van der Waals surface area contributed by atoms with Crippen LogP contribution in [0.1, 0.15) is 37.3 Å². The number of fused-ring (bicyclic) bond motifs is 1. The molecule has 1 atom stereocenters. The van der Waals surface area contributed by atoms with Gasteiger partial charge in [-0.2, -0.15) is 0 Å². The number of amides is 2. The highest BCUT2D eigenvalue weighted by Crippen LogP contribution is 2.15. The molecule has 1 aromatic rings. The van der Waals surface area contributed by atoms with Crippen LogP contribution < -0.4 is 5.32 Å². The molecule has 134 valence electrons. The lowest BCUT2D eigenvalue weighted by Crippen LogP contribution is -2.38. The summed E-state index contributed by atoms with van der Waals surface area (Å²) in [6.45, 7) is 4.19. The minimum absolute atomic E-state index is 0.0931. The largest absolute Gasteiger partial charge is 0.379 e. The molecule has 0 aromatic carbocycles. The van der Waals surface area contributed by atoms with Crippen molar-refractivity contribution in [3.8, 4) is 0 Å². The number of aryl methyl sites for hydroxylation is 1. The summed E-state index contributed by atoms with van der Waals surface area (Å²) in [7, 11) is 1.78. The first-order chi connectivity index (χ1) is 11.7. The second-order valence-electron chi connectivity index (χ2n) is 6.44. The zero-order valence-electron chi connectivity index (χ0n) is 14.4. The summed E-state index contributed by atoms with van der Waals surface area (Å²) in [6, 6.07) is -0.0931. The van der Waals surface area contributed by atoms with Crippen molar-refractivity contribution in [3.63, 3.8) is 0 Å². The minimum atomic E-state index is -0.0931. The molecule has 8 heteroatoms. The van der Waals surface area contributed by atoms with Crippen LogP contribution in [0.3, 0.4) is 0 Å². The monoisotopic (exact) mass is 337 g/mol. The maximum absolute atomic E-state index is 12.1. The molecule has 2 aliphatic rings. The smallest absolute Gasteiger partial charge is 0.317 e. The summed E-state index contributed by atoms with van der Waals surface area (Å²) in [6.07, 6.45) is 5.37. The quantitative estimate of drug-likeness (QED) is 0.714. The van der Waals surface area contributed by atoms with Gasteiger partial charge in [0.15, 0.2) is 5.82 Å². The molecule has 0 spiro atoms. The summed E-state index contributed by atoms with van der Waals surface area (Å²) in [5.74, 6) is 1.89. The zero-order chi connectivity index (χ0) is 16.8. The lowest BCUT2D eigenvalue weighted by Gasteiger charge is -2.17. The second-order valence-corrected chi connectivity index (χ2v) is 6.44. The van der Waals surface area contributed by atoms with Gasteiger partial charge in [-0.1, -0.05) is 0 Å². The van der Waals surface area contributed by atoms with Gasteiger partial charge in [0, 0.05) is 39.8 Å². The molecule has 8 nitrogen and oxygen atoms in total. The van der Waals surface area contributed by atoms with E-state index in [-0.39, 0.29) is 12.1 Å². The number of carbonyl (C=O) groups is 1. The highest BCUT2D eigenvalue weighted by Gasteiger charge is 2.19. The Labute approximate surface area is 142 Å². The van der Waals surface area contributed by atoms with Crippen molar-refractivity contribution in [2.75, 3.05) is 33.4 Å². The van der Waals surface area contributed by atoms with Gasteiger partial charge < -0.3 is 24.3 Å². The third-order valence-corrected chi connectivity index (χ3v) is 4.48. The van der Waals surface area contributed by atoms with Gasteiger partial charge in [-0.25, -0.2) is 4.79 Å². The van der Waals surface area contributed by atoms with E-state index in [4.69, 9.17) is 9.47 Å². The summed E-state index contributed by atoms with van der Waals surface area (Å²) >= 11 is 0. The van der Waals surface area contributed by atoms with Crippen LogP contribution in [0, 0.1) is 0 Å². The molecule has 0 unspecified atom stereocenters. The van der Waals surface area contributed by atoms with Gasteiger partial charge in [0.25, 0.3) is 0 Å². The van der Waals surface area contributed by atoms with Crippen molar-refractivity contribution in [2.45, 2.75) is 51.3 Å². The predicted octanol–water partition coefficient (Wildman–Crippen LogP) is 0.951. The average Bonchev–Trinajstić information content (AvgIpc) is 3.30. The highest BCUT2D eigenvalue weighted by atomic mass is 16.5. The van der Waals surface area contributed by atoms with E-state index in [1.165, 1.54) is 0 Å². The van der Waals surface area contributed by atoms with Gasteiger partial charge in [0.1, 0.15) is 5.82 Å². The van der Waals surface area contributed by atoms with Gasteiger partial charge in [-0.15, -0.1) is 10.2 Å². The van der Waals surface area contributed by atoms with Crippen LogP contribution in [0.25, 0.3) is 0 Å². The number of nitrogens with zero attached hydrogens (tertiary/aromatic N) is 4. The van der Waals surface area contributed by atoms with Crippen LogP contribution in [-0.2, 0) is 29.0 Å². The molecule has 2 aliphatic heterocycles. The molecule has 1 saturated heterocycles. The third-order valence-electron chi connectivity index (χ3n) is 4.48. The van der Waals surface area contributed by atoms with E-state index in [9.17, 15) is 4.79 Å². The van der Waals surface area contributed by atoms with Gasteiger partial charge in [-0.05, 0) is 25.7 Å². The molecule has 3 heterocycles. The minimum Gasteiger partial charge on any atom is -0.379 e. The zero-order valence-corrected chi connectivity index (χ0v) is 14.4. The fourth-order valence-corrected chi connectivity index (χ4v) is 3.11. The maximum Gasteiger partial charge on any atom is 0.317 e. The molecule has 0 aliphatic carbocycles. The third kappa shape index (κ3) is 4.45. The molecule has 3 rings (SSSR count). The average molecular weight is 337 g/mol. The van der Waals surface area contributed by atoms with E-state index < -0.39 is 0 Å². The topological polar surface area (TPSA) is 81.5 Å². The van der Waals surface area contributed by atoms with Crippen molar-refractivity contribution < 1.29 is 14.3 Å². The number of carbonyl (C=O) groups excluding carboxylic acids is 1. The Morgan fingerprint density at radius 1 is 1.46 bits per heavy atom. The first-order valence-electron chi connectivity index (χ1n) is 8.83. The summed E-state index contributed by atoms with van der Waals surface area (Å²) in [5.41, 5.74) is 0. The van der Waals surface area contributed by atoms with Crippen molar-refractivity contribution in [1.82, 2.24) is 25.0 Å². The van der Waals surface area contributed by atoms with E-state index in [0.717, 1.165) is 56.9 Å². The molecule has 0 radical (unpaired) electrons. The van der Waals surface area contributed by atoms with E-state index in [1.807, 2.05) is 0 Å². The number of rotatable bonds is 8. The van der Waals surface area contributed by atoms with E-state index in [1.54, 1.807) is 11.9 Å². The Morgan fingerprint density at radius 3 is 3.21 bits per heavy atom. The number of ether oxygens (including phenoxy) is 2. The van der Waals surface area contributed by atoms with Crippen LogP contribution in [0.5, 0.6) is 0 Å². The normalized spacial score (nSPS) is 19.5. The first kappa shape index (κ1) is 17.2. The van der Waals surface area contributed by atoms with E-state index in [2.05, 4.69) is 20.1 Å². The molecule has 0 saturated carbocycles. The Bertz CT molecular complexity index is 542. The van der Waals surface area contributed by atoms with E-state index in [0.29, 0.717) is 26.3 Å². The van der Waals surface area contributed by atoms with Crippen LogP contribution in [0.15, 0.2) is 0 Å². The SMILES string of the molecule is CN(Cc1nnc2n1CCC2)C(=O)NCCCOC[C@H]1CCCO1. The molecule has 0 bridgehead atoms.